The van der Waals surface area contributed by atoms with Gasteiger partial charge in [-0.3, -0.25) is 0 Å². The highest BCUT2D eigenvalue weighted by Crippen LogP contribution is 2.29. The lowest BCUT2D eigenvalue weighted by Crippen LogP contribution is -2.39. The number of piperidine rings is 1. The van der Waals surface area contributed by atoms with Crippen LogP contribution in [0.4, 0.5) is 5.82 Å². The third-order valence-electron chi connectivity index (χ3n) is 4.86. The number of rotatable bonds is 3. The zero-order valence-corrected chi connectivity index (χ0v) is 15.3. The highest BCUT2D eigenvalue weighted by atomic mass is 35.5. The number of anilines is 1. The molecule has 4 rings (SSSR count). The van der Waals surface area contributed by atoms with E-state index in [1.807, 2.05) is 35.1 Å². The van der Waals surface area contributed by atoms with Crippen LogP contribution in [0.5, 0.6) is 0 Å². The summed E-state index contributed by atoms with van der Waals surface area (Å²) in [5, 5.41) is 6.31. The Hall–Kier alpha value is -2.14. The van der Waals surface area contributed by atoms with E-state index in [0.717, 1.165) is 40.5 Å². The maximum atomic E-state index is 6.30. The second-order valence-corrected chi connectivity index (χ2v) is 7.59. The van der Waals surface area contributed by atoms with Gasteiger partial charge in [0.05, 0.1) is 18.1 Å². The predicted octanol–water partition coefficient (Wildman–Crippen LogP) is 4.01. The Morgan fingerprint density at radius 1 is 1.12 bits per heavy atom. The zero-order chi connectivity index (χ0) is 17.4. The van der Waals surface area contributed by atoms with E-state index in [1.165, 1.54) is 6.42 Å². The molecule has 2 aromatic heterocycles. The van der Waals surface area contributed by atoms with Crippen LogP contribution in [0.3, 0.4) is 0 Å². The van der Waals surface area contributed by atoms with Crippen molar-refractivity contribution in [2.45, 2.75) is 26.8 Å². The van der Waals surface area contributed by atoms with Crippen molar-refractivity contribution in [2.75, 3.05) is 18.0 Å². The molecular formula is C19H22ClN5. The fourth-order valence-corrected chi connectivity index (χ4v) is 4.07. The topological polar surface area (TPSA) is 46.8 Å². The second-order valence-electron chi connectivity index (χ2n) is 7.18. The van der Waals surface area contributed by atoms with Gasteiger partial charge >= 0.3 is 0 Å². The van der Waals surface area contributed by atoms with Crippen LogP contribution in [-0.4, -0.2) is 32.8 Å². The molecule has 1 fully saturated rings. The molecule has 0 spiro atoms. The zero-order valence-electron chi connectivity index (χ0n) is 14.6. The molecule has 0 amide bonds. The summed E-state index contributed by atoms with van der Waals surface area (Å²) in [6.45, 7) is 7.29. The maximum absolute atomic E-state index is 6.30. The fraction of sp³-hybridized carbons (Fsp3) is 0.421. The summed E-state index contributed by atoms with van der Waals surface area (Å²) >= 11 is 6.30. The Kier molecular flexibility index (Phi) is 4.34. The first-order valence-corrected chi connectivity index (χ1v) is 9.14. The lowest BCUT2D eigenvalue weighted by atomic mass is 9.92. The van der Waals surface area contributed by atoms with Gasteiger partial charge in [0.1, 0.15) is 12.1 Å². The molecule has 0 aliphatic carbocycles. The average Bonchev–Trinajstić information content (AvgIpc) is 2.99. The van der Waals surface area contributed by atoms with E-state index < -0.39 is 0 Å². The number of halogens is 1. The maximum Gasteiger partial charge on any atom is 0.163 e. The molecular weight excluding hydrogens is 334 g/mol. The summed E-state index contributed by atoms with van der Waals surface area (Å²) in [6.07, 6.45) is 4.80. The van der Waals surface area contributed by atoms with Gasteiger partial charge in [-0.1, -0.05) is 43.6 Å². The van der Waals surface area contributed by atoms with Crippen molar-refractivity contribution >= 4 is 28.5 Å². The Bertz CT molecular complexity index is 880. The van der Waals surface area contributed by atoms with Gasteiger partial charge in [-0.15, -0.1) is 0 Å². The first-order chi connectivity index (χ1) is 12.1. The van der Waals surface area contributed by atoms with Crippen LogP contribution in [-0.2, 0) is 6.54 Å². The van der Waals surface area contributed by atoms with Gasteiger partial charge in [0, 0.05) is 18.1 Å². The predicted molar refractivity (Wildman–Crippen MR) is 101 cm³/mol. The third-order valence-corrected chi connectivity index (χ3v) is 5.23. The number of hydrogen-bond acceptors (Lipinski definition) is 4. The van der Waals surface area contributed by atoms with Crippen molar-refractivity contribution in [2.24, 2.45) is 11.8 Å². The van der Waals surface area contributed by atoms with Crippen LogP contribution in [0.1, 0.15) is 25.8 Å². The van der Waals surface area contributed by atoms with Crippen molar-refractivity contribution in [1.82, 2.24) is 19.7 Å². The monoisotopic (exact) mass is 355 g/mol. The molecule has 1 saturated heterocycles. The Labute approximate surface area is 152 Å². The lowest BCUT2D eigenvalue weighted by Gasteiger charge is -2.35. The van der Waals surface area contributed by atoms with Crippen LogP contribution in [0, 0.1) is 11.8 Å². The number of hydrogen-bond donors (Lipinski definition) is 0. The summed E-state index contributed by atoms with van der Waals surface area (Å²) in [5.41, 5.74) is 1.89. The molecule has 0 saturated carbocycles. The number of nitrogens with zero attached hydrogens (tertiary/aromatic N) is 5. The Morgan fingerprint density at radius 2 is 1.88 bits per heavy atom. The van der Waals surface area contributed by atoms with Crippen LogP contribution < -0.4 is 4.90 Å². The van der Waals surface area contributed by atoms with Crippen molar-refractivity contribution in [3.63, 3.8) is 0 Å². The molecule has 3 aromatic rings. The van der Waals surface area contributed by atoms with Crippen molar-refractivity contribution in [1.29, 1.82) is 0 Å². The lowest BCUT2D eigenvalue weighted by molar-refractivity contribution is 0.356. The van der Waals surface area contributed by atoms with E-state index in [4.69, 9.17) is 11.6 Å². The van der Waals surface area contributed by atoms with Gasteiger partial charge in [0.2, 0.25) is 0 Å². The second kappa shape index (κ2) is 6.64. The summed E-state index contributed by atoms with van der Waals surface area (Å²) in [7, 11) is 0. The molecule has 2 atom stereocenters. The normalized spacial score (nSPS) is 21.0. The standard InChI is InChI=1S/C19H22ClN5/c1-13-7-14(2)10-24(9-13)18-16-8-23-25(19(16)22-12-21-18)11-15-5-3-4-6-17(15)20/h3-6,8,12-14H,7,9-11H2,1-2H3/t13-,14-/m0/s1. The van der Waals surface area contributed by atoms with Gasteiger partial charge < -0.3 is 4.90 Å². The molecule has 0 radical (unpaired) electrons. The third kappa shape index (κ3) is 3.21. The molecule has 1 aromatic carbocycles. The van der Waals surface area contributed by atoms with Crippen LogP contribution in [0.2, 0.25) is 5.02 Å². The minimum Gasteiger partial charge on any atom is -0.355 e. The number of benzene rings is 1. The highest BCUT2D eigenvalue weighted by Gasteiger charge is 2.25. The van der Waals surface area contributed by atoms with Gasteiger partial charge in [-0.25, -0.2) is 14.6 Å². The van der Waals surface area contributed by atoms with E-state index in [1.54, 1.807) is 6.33 Å². The van der Waals surface area contributed by atoms with E-state index in [-0.39, 0.29) is 0 Å². The van der Waals surface area contributed by atoms with Gasteiger partial charge in [0.25, 0.3) is 0 Å². The van der Waals surface area contributed by atoms with Gasteiger partial charge in [0.15, 0.2) is 5.65 Å². The quantitative estimate of drug-likeness (QED) is 0.712. The summed E-state index contributed by atoms with van der Waals surface area (Å²) < 4.78 is 1.90. The average molecular weight is 356 g/mol. The Morgan fingerprint density at radius 3 is 2.64 bits per heavy atom. The summed E-state index contributed by atoms with van der Waals surface area (Å²) in [4.78, 5) is 11.4. The molecule has 1 aliphatic rings. The fourth-order valence-electron chi connectivity index (χ4n) is 3.87. The highest BCUT2D eigenvalue weighted by molar-refractivity contribution is 6.31. The summed E-state index contributed by atoms with van der Waals surface area (Å²) in [6, 6.07) is 7.85. The van der Waals surface area contributed by atoms with Gasteiger partial charge in [-0.05, 0) is 29.9 Å². The molecule has 3 heterocycles. The molecule has 0 unspecified atom stereocenters. The van der Waals surface area contributed by atoms with E-state index in [2.05, 4.69) is 33.8 Å². The minimum atomic E-state index is 0.604. The minimum absolute atomic E-state index is 0.604. The van der Waals surface area contributed by atoms with Crippen LogP contribution >= 0.6 is 11.6 Å². The van der Waals surface area contributed by atoms with E-state index in [0.29, 0.717) is 18.4 Å². The molecule has 5 nitrogen and oxygen atoms in total. The summed E-state index contributed by atoms with van der Waals surface area (Å²) in [5.74, 6) is 2.34. The van der Waals surface area contributed by atoms with E-state index in [9.17, 15) is 0 Å². The molecule has 0 N–H and O–H groups in total. The van der Waals surface area contributed by atoms with Crippen molar-refractivity contribution < 1.29 is 0 Å². The first-order valence-electron chi connectivity index (χ1n) is 8.76. The van der Waals surface area contributed by atoms with Crippen LogP contribution in [0.25, 0.3) is 11.0 Å². The number of fused-ring (bicyclic) bond motifs is 1. The van der Waals surface area contributed by atoms with E-state index >= 15 is 0 Å². The smallest absolute Gasteiger partial charge is 0.163 e. The molecule has 6 heteroatoms. The molecule has 0 bridgehead atoms. The number of aromatic nitrogens is 4. The van der Waals surface area contributed by atoms with Crippen LogP contribution in [0.15, 0.2) is 36.8 Å². The Balaban J connectivity index is 1.70. The van der Waals surface area contributed by atoms with Crippen molar-refractivity contribution in [3.8, 4) is 0 Å². The molecule has 1 aliphatic heterocycles. The molecule has 25 heavy (non-hydrogen) atoms. The largest absolute Gasteiger partial charge is 0.355 e. The molecule has 130 valence electrons. The van der Waals surface area contributed by atoms with Gasteiger partial charge in [-0.2, -0.15) is 5.10 Å². The SMILES string of the molecule is C[C@H]1C[C@H](C)CN(c2ncnc3c2cnn3Cc2ccccc2Cl)C1. The first kappa shape index (κ1) is 16.3. The van der Waals surface area contributed by atoms with Crippen molar-refractivity contribution in [3.05, 3.63) is 47.4 Å².